The molecule has 6 nitrogen and oxygen atoms in total. The normalized spacial score (nSPS) is 25.6. The maximum absolute atomic E-state index is 11.2. The first-order valence-corrected chi connectivity index (χ1v) is 7.38. The van der Waals surface area contributed by atoms with Crippen molar-refractivity contribution >= 4 is 11.9 Å². The molecule has 1 aromatic rings. The van der Waals surface area contributed by atoms with E-state index in [1.807, 2.05) is 19.1 Å². The molecule has 0 saturated carbocycles. The standard InChI is InChI=1S/C15H21N3O3/c1-10-7-17(15(19)20)8-12-3-4-13(16-14(10)12)18-5-6-21-9-11(18)2/h3-4,10-11H,5-9H2,1-2H3,(H,19,20)/t10-,11+/m0/s1. The molecule has 1 amide bonds. The summed E-state index contributed by atoms with van der Waals surface area (Å²) < 4.78 is 5.47. The first-order valence-electron chi connectivity index (χ1n) is 7.38. The summed E-state index contributed by atoms with van der Waals surface area (Å²) in [6.07, 6.45) is -0.863. The minimum absolute atomic E-state index is 0.126. The molecule has 3 heterocycles. The number of morpholine rings is 1. The van der Waals surface area contributed by atoms with Crippen molar-refractivity contribution in [1.82, 2.24) is 9.88 Å². The Bertz CT molecular complexity index is 549. The van der Waals surface area contributed by atoms with E-state index in [-0.39, 0.29) is 5.92 Å². The third-order valence-electron chi connectivity index (χ3n) is 4.25. The number of aromatic nitrogens is 1. The number of fused-ring (bicyclic) bond motifs is 1. The van der Waals surface area contributed by atoms with Gasteiger partial charge in [0.05, 0.1) is 31.5 Å². The lowest BCUT2D eigenvalue weighted by Crippen LogP contribution is -2.44. The molecule has 0 bridgehead atoms. The average molecular weight is 291 g/mol. The Morgan fingerprint density at radius 3 is 2.95 bits per heavy atom. The van der Waals surface area contributed by atoms with Crippen LogP contribution in [0.1, 0.15) is 31.0 Å². The zero-order valence-electron chi connectivity index (χ0n) is 12.5. The Morgan fingerprint density at radius 1 is 1.43 bits per heavy atom. The van der Waals surface area contributed by atoms with Crippen LogP contribution in [0, 0.1) is 0 Å². The molecule has 2 atom stereocenters. The number of carbonyl (C=O) groups is 1. The summed E-state index contributed by atoms with van der Waals surface area (Å²) in [6, 6.07) is 4.34. The van der Waals surface area contributed by atoms with Crippen LogP contribution >= 0.6 is 0 Å². The second kappa shape index (κ2) is 5.52. The van der Waals surface area contributed by atoms with Crippen LogP contribution in [0.25, 0.3) is 0 Å². The van der Waals surface area contributed by atoms with Crippen molar-refractivity contribution in [3.05, 3.63) is 23.4 Å². The number of rotatable bonds is 1. The van der Waals surface area contributed by atoms with E-state index in [1.165, 1.54) is 4.90 Å². The van der Waals surface area contributed by atoms with Crippen molar-refractivity contribution in [3.8, 4) is 0 Å². The molecule has 0 aromatic carbocycles. The molecule has 1 N–H and O–H groups in total. The molecular formula is C15H21N3O3. The zero-order chi connectivity index (χ0) is 15.0. The van der Waals surface area contributed by atoms with E-state index in [0.717, 1.165) is 36.8 Å². The summed E-state index contributed by atoms with van der Waals surface area (Å²) in [5.74, 6) is 1.10. The quantitative estimate of drug-likeness (QED) is 0.856. The molecule has 0 aliphatic carbocycles. The Labute approximate surface area is 124 Å². The van der Waals surface area contributed by atoms with Gasteiger partial charge in [-0.2, -0.15) is 0 Å². The van der Waals surface area contributed by atoms with Crippen LogP contribution in [0.15, 0.2) is 12.1 Å². The predicted octanol–water partition coefficient (Wildman–Crippen LogP) is 1.90. The smallest absolute Gasteiger partial charge is 0.407 e. The van der Waals surface area contributed by atoms with E-state index in [9.17, 15) is 4.79 Å². The number of pyridine rings is 1. The van der Waals surface area contributed by atoms with Gasteiger partial charge in [0, 0.05) is 19.0 Å². The first-order chi connectivity index (χ1) is 10.1. The van der Waals surface area contributed by atoms with Gasteiger partial charge in [-0.05, 0) is 18.6 Å². The number of ether oxygens (including phenoxy) is 1. The van der Waals surface area contributed by atoms with Crippen LogP contribution in [0.4, 0.5) is 10.6 Å². The van der Waals surface area contributed by atoms with Crippen LogP contribution in [-0.2, 0) is 11.3 Å². The fourth-order valence-electron chi connectivity index (χ4n) is 3.11. The highest BCUT2D eigenvalue weighted by molar-refractivity contribution is 5.65. The minimum Gasteiger partial charge on any atom is -0.465 e. The number of amides is 1. The van der Waals surface area contributed by atoms with Gasteiger partial charge < -0.3 is 19.6 Å². The van der Waals surface area contributed by atoms with E-state index in [4.69, 9.17) is 14.8 Å². The Kier molecular flexibility index (Phi) is 3.71. The zero-order valence-corrected chi connectivity index (χ0v) is 12.5. The van der Waals surface area contributed by atoms with E-state index < -0.39 is 6.09 Å². The molecule has 0 unspecified atom stereocenters. The average Bonchev–Trinajstić information content (AvgIpc) is 2.47. The Hall–Kier alpha value is -1.82. The van der Waals surface area contributed by atoms with Gasteiger partial charge in [0.2, 0.25) is 0 Å². The number of hydrogen-bond donors (Lipinski definition) is 1. The van der Waals surface area contributed by atoms with E-state index in [1.54, 1.807) is 0 Å². The highest BCUT2D eigenvalue weighted by Crippen LogP contribution is 2.29. The van der Waals surface area contributed by atoms with E-state index in [0.29, 0.717) is 19.1 Å². The molecule has 0 spiro atoms. The van der Waals surface area contributed by atoms with Crippen molar-refractivity contribution in [3.63, 3.8) is 0 Å². The molecule has 0 radical (unpaired) electrons. The number of carboxylic acid groups (broad SMARTS) is 1. The van der Waals surface area contributed by atoms with Crippen LogP contribution in [0.2, 0.25) is 0 Å². The molecule has 2 aliphatic heterocycles. The highest BCUT2D eigenvalue weighted by Gasteiger charge is 2.28. The third kappa shape index (κ3) is 2.68. The largest absolute Gasteiger partial charge is 0.465 e. The molecular weight excluding hydrogens is 270 g/mol. The summed E-state index contributed by atoms with van der Waals surface area (Å²) in [4.78, 5) is 19.7. The van der Waals surface area contributed by atoms with Crippen molar-refractivity contribution < 1.29 is 14.6 Å². The summed E-state index contributed by atoms with van der Waals surface area (Å²) in [5.41, 5.74) is 2.05. The predicted molar refractivity (Wildman–Crippen MR) is 78.7 cm³/mol. The Balaban J connectivity index is 1.88. The number of nitrogens with zero attached hydrogens (tertiary/aromatic N) is 3. The van der Waals surface area contributed by atoms with Crippen molar-refractivity contribution in [2.75, 3.05) is 31.2 Å². The van der Waals surface area contributed by atoms with Gasteiger partial charge in [-0.25, -0.2) is 9.78 Å². The van der Waals surface area contributed by atoms with Gasteiger partial charge >= 0.3 is 6.09 Å². The lowest BCUT2D eigenvalue weighted by atomic mass is 9.96. The summed E-state index contributed by atoms with van der Waals surface area (Å²) in [6.45, 7) is 7.41. The first kappa shape index (κ1) is 14.1. The summed E-state index contributed by atoms with van der Waals surface area (Å²) in [5, 5.41) is 9.16. The second-order valence-electron chi connectivity index (χ2n) is 5.90. The fourth-order valence-corrected chi connectivity index (χ4v) is 3.11. The number of anilines is 1. The van der Waals surface area contributed by atoms with Gasteiger partial charge in [0.1, 0.15) is 5.82 Å². The second-order valence-corrected chi connectivity index (χ2v) is 5.90. The lowest BCUT2D eigenvalue weighted by Gasteiger charge is -2.36. The molecule has 3 rings (SSSR count). The maximum atomic E-state index is 11.2. The summed E-state index contributed by atoms with van der Waals surface area (Å²) >= 11 is 0. The van der Waals surface area contributed by atoms with Crippen LogP contribution in [0.3, 0.4) is 0 Å². The van der Waals surface area contributed by atoms with Gasteiger partial charge in [-0.3, -0.25) is 0 Å². The van der Waals surface area contributed by atoms with Crippen molar-refractivity contribution in [2.24, 2.45) is 0 Å². The molecule has 114 valence electrons. The lowest BCUT2D eigenvalue weighted by molar-refractivity contribution is 0.0984. The Morgan fingerprint density at radius 2 is 2.24 bits per heavy atom. The maximum Gasteiger partial charge on any atom is 0.407 e. The minimum atomic E-state index is -0.863. The highest BCUT2D eigenvalue weighted by atomic mass is 16.5. The topological polar surface area (TPSA) is 65.9 Å². The van der Waals surface area contributed by atoms with Crippen LogP contribution < -0.4 is 4.90 Å². The molecule has 6 heteroatoms. The van der Waals surface area contributed by atoms with Gasteiger partial charge in [0.15, 0.2) is 0 Å². The van der Waals surface area contributed by atoms with Gasteiger partial charge in [-0.15, -0.1) is 0 Å². The molecule has 2 aliphatic rings. The van der Waals surface area contributed by atoms with Crippen LogP contribution in [0.5, 0.6) is 0 Å². The monoisotopic (exact) mass is 291 g/mol. The van der Waals surface area contributed by atoms with Crippen molar-refractivity contribution in [2.45, 2.75) is 32.4 Å². The van der Waals surface area contributed by atoms with Crippen molar-refractivity contribution in [1.29, 1.82) is 0 Å². The summed E-state index contributed by atoms with van der Waals surface area (Å²) in [7, 11) is 0. The molecule has 1 saturated heterocycles. The van der Waals surface area contributed by atoms with Crippen LogP contribution in [-0.4, -0.2) is 53.4 Å². The van der Waals surface area contributed by atoms with E-state index in [2.05, 4.69) is 11.8 Å². The molecule has 1 aromatic heterocycles. The fraction of sp³-hybridized carbons (Fsp3) is 0.600. The van der Waals surface area contributed by atoms with Gasteiger partial charge in [0.25, 0.3) is 0 Å². The van der Waals surface area contributed by atoms with Gasteiger partial charge in [-0.1, -0.05) is 13.0 Å². The van der Waals surface area contributed by atoms with E-state index >= 15 is 0 Å². The molecule has 1 fully saturated rings. The SMILES string of the molecule is C[C@@H]1COCCN1c1ccc2c(n1)[C@@H](C)CN(C(=O)O)C2. The number of hydrogen-bond acceptors (Lipinski definition) is 4. The molecule has 21 heavy (non-hydrogen) atoms. The third-order valence-corrected chi connectivity index (χ3v) is 4.25.